The molecule has 3 rings (SSSR count). The van der Waals surface area contributed by atoms with E-state index in [1.54, 1.807) is 19.2 Å². The molecule has 0 aliphatic carbocycles. The van der Waals surface area contributed by atoms with Crippen molar-refractivity contribution in [3.8, 4) is 5.75 Å². The summed E-state index contributed by atoms with van der Waals surface area (Å²) in [4.78, 5) is 14.8. The standard InChI is InChI=1S/C21H26N2O3/c1-25-19-9-7-18(8-10-19)21(24)16-22-15-20(17-5-3-2-4-6-17)23-11-13-26-14-12-23/h2-10,20,22H,11-16H2,1H3. The normalized spacial score (nSPS) is 16.2. The highest BCUT2D eigenvalue weighted by Crippen LogP contribution is 2.21. The van der Waals surface area contributed by atoms with Gasteiger partial charge in [0.05, 0.1) is 26.9 Å². The van der Waals surface area contributed by atoms with Crippen molar-refractivity contribution in [2.75, 3.05) is 46.5 Å². The number of nitrogens with zero attached hydrogens (tertiary/aromatic N) is 1. The average molecular weight is 354 g/mol. The molecule has 0 bridgehead atoms. The van der Waals surface area contributed by atoms with Gasteiger partial charge in [0.1, 0.15) is 5.75 Å². The Morgan fingerprint density at radius 3 is 2.46 bits per heavy atom. The van der Waals surface area contributed by atoms with Gasteiger partial charge in [-0.2, -0.15) is 0 Å². The fourth-order valence-corrected chi connectivity index (χ4v) is 3.22. The number of nitrogens with one attached hydrogen (secondary N) is 1. The predicted octanol–water partition coefficient (Wildman–Crippen LogP) is 2.54. The molecular formula is C21H26N2O3. The third-order valence-corrected chi connectivity index (χ3v) is 4.71. The zero-order valence-corrected chi connectivity index (χ0v) is 15.2. The molecule has 1 heterocycles. The number of benzene rings is 2. The highest BCUT2D eigenvalue weighted by Gasteiger charge is 2.22. The minimum Gasteiger partial charge on any atom is -0.497 e. The smallest absolute Gasteiger partial charge is 0.176 e. The molecule has 26 heavy (non-hydrogen) atoms. The molecule has 2 aromatic carbocycles. The minimum absolute atomic E-state index is 0.0847. The molecule has 138 valence electrons. The van der Waals surface area contributed by atoms with Crippen molar-refractivity contribution in [2.45, 2.75) is 6.04 Å². The second kappa shape index (κ2) is 9.48. The van der Waals surface area contributed by atoms with E-state index in [2.05, 4.69) is 34.5 Å². The summed E-state index contributed by atoms with van der Waals surface area (Å²) in [5.74, 6) is 0.840. The van der Waals surface area contributed by atoms with Crippen LogP contribution >= 0.6 is 0 Å². The van der Waals surface area contributed by atoms with Crippen molar-refractivity contribution in [1.29, 1.82) is 0 Å². The lowest BCUT2D eigenvalue weighted by Gasteiger charge is -2.35. The SMILES string of the molecule is COc1ccc(C(=O)CNCC(c2ccccc2)N2CCOCC2)cc1. The van der Waals surface area contributed by atoms with Crippen LogP contribution < -0.4 is 10.1 Å². The molecule has 5 heteroatoms. The number of ether oxygens (including phenoxy) is 2. The quantitative estimate of drug-likeness (QED) is 0.739. The maximum atomic E-state index is 12.4. The number of Topliss-reactive ketones (excluding diaryl/α,β-unsaturated/α-hetero) is 1. The van der Waals surface area contributed by atoms with Gasteiger partial charge >= 0.3 is 0 Å². The van der Waals surface area contributed by atoms with Gasteiger partial charge in [-0.15, -0.1) is 0 Å². The molecule has 2 aromatic rings. The number of morpholine rings is 1. The van der Waals surface area contributed by atoms with Gasteiger partial charge in [0.15, 0.2) is 5.78 Å². The fourth-order valence-electron chi connectivity index (χ4n) is 3.22. The van der Waals surface area contributed by atoms with Crippen molar-refractivity contribution in [1.82, 2.24) is 10.2 Å². The van der Waals surface area contributed by atoms with Gasteiger partial charge in [-0.25, -0.2) is 0 Å². The fraction of sp³-hybridized carbons (Fsp3) is 0.381. The monoisotopic (exact) mass is 354 g/mol. The molecule has 1 aliphatic heterocycles. The van der Waals surface area contributed by atoms with Crippen molar-refractivity contribution < 1.29 is 14.3 Å². The predicted molar refractivity (Wildman–Crippen MR) is 102 cm³/mol. The highest BCUT2D eigenvalue weighted by atomic mass is 16.5. The van der Waals surface area contributed by atoms with E-state index in [4.69, 9.17) is 9.47 Å². The Kier molecular flexibility index (Phi) is 6.77. The van der Waals surface area contributed by atoms with Gasteiger partial charge in [0.2, 0.25) is 0 Å². The summed E-state index contributed by atoms with van der Waals surface area (Å²) < 4.78 is 10.6. The van der Waals surface area contributed by atoms with Gasteiger partial charge < -0.3 is 14.8 Å². The van der Waals surface area contributed by atoms with Gasteiger partial charge in [-0.1, -0.05) is 30.3 Å². The molecule has 0 amide bonds. The lowest BCUT2D eigenvalue weighted by atomic mass is 10.0. The van der Waals surface area contributed by atoms with E-state index in [0.29, 0.717) is 12.1 Å². The van der Waals surface area contributed by atoms with Crippen LogP contribution in [-0.4, -0.2) is 57.2 Å². The van der Waals surface area contributed by atoms with Crippen molar-refractivity contribution >= 4 is 5.78 Å². The topological polar surface area (TPSA) is 50.8 Å². The first kappa shape index (κ1) is 18.6. The Balaban J connectivity index is 1.59. The molecule has 0 spiro atoms. The number of hydrogen-bond acceptors (Lipinski definition) is 5. The first-order valence-corrected chi connectivity index (χ1v) is 9.02. The number of carbonyl (C=O) groups is 1. The third-order valence-electron chi connectivity index (χ3n) is 4.71. The molecule has 0 aromatic heterocycles. The second-order valence-corrected chi connectivity index (χ2v) is 6.36. The molecule has 1 N–H and O–H groups in total. The van der Waals surface area contributed by atoms with E-state index in [1.807, 2.05) is 18.2 Å². The van der Waals surface area contributed by atoms with Crippen LogP contribution in [0.25, 0.3) is 0 Å². The van der Waals surface area contributed by atoms with E-state index in [9.17, 15) is 4.79 Å². The van der Waals surface area contributed by atoms with Gasteiger partial charge in [0.25, 0.3) is 0 Å². The summed E-state index contributed by atoms with van der Waals surface area (Å²) in [6.07, 6.45) is 0. The molecule has 5 nitrogen and oxygen atoms in total. The maximum absolute atomic E-state index is 12.4. The van der Waals surface area contributed by atoms with E-state index in [1.165, 1.54) is 5.56 Å². The summed E-state index contributed by atoms with van der Waals surface area (Å²) in [6, 6.07) is 17.9. The van der Waals surface area contributed by atoms with Crippen LogP contribution in [-0.2, 0) is 4.74 Å². The number of hydrogen-bond donors (Lipinski definition) is 1. The number of rotatable bonds is 8. The van der Waals surface area contributed by atoms with Crippen LogP contribution in [0.5, 0.6) is 5.75 Å². The minimum atomic E-state index is 0.0847. The summed E-state index contributed by atoms with van der Waals surface area (Å²) in [5.41, 5.74) is 1.96. The van der Waals surface area contributed by atoms with Crippen molar-refractivity contribution in [2.24, 2.45) is 0 Å². The molecular weight excluding hydrogens is 328 g/mol. The largest absolute Gasteiger partial charge is 0.497 e. The third kappa shape index (κ3) is 4.91. The number of carbonyl (C=O) groups excluding carboxylic acids is 1. The van der Waals surface area contributed by atoms with E-state index >= 15 is 0 Å². The Labute approximate surface area is 154 Å². The van der Waals surface area contributed by atoms with Crippen LogP contribution in [0.15, 0.2) is 54.6 Å². The number of methoxy groups -OCH3 is 1. The molecule has 1 fully saturated rings. The molecule has 1 unspecified atom stereocenters. The van der Waals surface area contributed by atoms with Gasteiger partial charge in [-0.05, 0) is 29.8 Å². The Bertz CT molecular complexity index is 682. The zero-order chi connectivity index (χ0) is 18.2. The summed E-state index contributed by atoms with van der Waals surface area (Å²) in [5, 5.41) is 3.34. The zero-order valence-electron chi connectivity index (χ0n) is 15.2. The van der Waals surface area contributed by atoms with Crippen LogP contribution in [0.1, 0.15) is 22.0 Å². The Hall–Kier alpha value is -2.21. The summed E-state index contributed by atoms with van der Waals surface area (Å²) in [6.45, 7) is 4.38. The van der Waals surface area contributed by atoms with E-state index in [-0.39, 0.29) is 11.8 Å². The molecule has 1 atom stereocenters. The molecule has 0 radical (unpaired) electrons. The van der Waals surface area contributed by atoms with E-state index < -0.39 is 0 Å². The van der Waals surface area contributed by atoms with Crippen LogP contribution in [0, 0.1) is 0 Å². The average Bonchev–Trinajstić information content (AvgIpc) is 2.72. The first-order valence-electron chi connectivity index (χ1n) is 9.02. The lowest BCUT2D eigenvalue weighted by molar-refractivity contribution is 0.0162. The first-order chi connectivity index (χ1) is 12.8. The Morgan fingerprint density at radius 1 is 1.12 bits per heavy atom. The molecule has 0 saturated carbocycles. The second-order valence-electron chi connectivity index (χ2n) is 6.36. The highest BCUT2D eigenvalue weighted by molar-refractivity contribution is 5.97. The van der Waals surface area contributed by atoms with Crippen LogP contribution in [0.4, 0.5) is 0 Å². The van der Waals surface area contributed by atoms with Gasteiger partial charge in [-0.3, -0.25) is 9.69 Å². The van der Waals surface area contributed by atoms with Gasteiger partial charge in [0, 0.05) is 31.2 Å². The maximum Gasteiger partial charge on any atom is 0.176 e. The number of ketones is 1. The summed E-state index contributed by atoms with van der Waals surface area (Å²) >= 11 is 0. The molecule has 1 saturated heterocycles. The van der Waals surface area contributed by atoms with Crippen LogP contribution in [0.3, 0.4) is 0 Å². The molecule has 1 aliphatic rings. The Morgan fingerprint density at radius 2 is 1.81 bits per heavy atom. The van der Waals surface area contributed by atoms with Crippen LogP contribution in [0.2, 0.25) is 0 Å². The van der Waals surface area contributed by atoms with Crippen molar-refractivity contribution in [3.63, 3.8) is 0 Å². The summed E-state index contributed by atoms with van der Waals surface area (Å²) in [7, 11) is 1.62. The van der Waals surface area contributed by atoms with Crippen molar-refractivity contribution in [3.05, 3.63) is 65.7 Å². The van der Waals surface area contributed by atoms with E-state index in [0.717, 1.165) is 38.6 Å². The lowest BCUT2D eigenvalue weighted by Crippen LogP contribution is -2.43.